The molecule has 0 spiro atoms. The van der Waals surface area contributed by atoms with Crippen molar-refractivity contribution in [3.05, 3.63) is 70.9 Å². The van der Waals surface area contributed by atoms with E-state index in [1.54, 1.807) is 43.3 Å². The minimum atomic E-state index is -1.16. The van der Waals surface area contributed by atoms with E-state index in [4.69, 9.17) is 4.74 Å². The zero-order valence-electron chi connectivity index (χ0n) is 15.3. The molecule has 0 radical (unpaired) electrons. The molecule has 8 heteroatoms. The van der Waals surface area contributed by atoms with E-state index < -0.39 is 11.9 Å². The number of aryl methyl sites for hydroxylation is 1. The molecule has 0 saturated carbocycles. The fraction of sp³-hybridized carbons (Fsp3) is 0.150. The Labute approximate surface area is 161 Å². The van der Waals surface area contributed by atoms with Gasteiger partial charge >= 0.3 is 5.97 Å². The quantitative estimate of drug-likeness (QED) is 0.605. The number of carboxylic acids is 1. The fourth-order valence-electron chi connectivity index (χ4n) is 2.78. The number of ether oxygens (including phenoxy) is 1. The van der Waals surface area contributed by atoms with Gasteiger partial charge in [-0.3, -0.25) is 9.36 Å². The van der Waals surface area contributed by atoms with Crippen molar-refractivity contribution in [2.75, 3.05) is 12.4 Å². The summed E-state index contributed by atoms with van der Waals surface area (Å²) in [5.41, 5.74) is 1.87. The third-order valence-corrected chi connectivity index (χ3v) is 4.21. The van der Waals surface area contributed by atoms with Gasteiger partial charge in [-0.15, -0.1) is 0 Å². The number of benzene rings is 2. The van der Waals surface area contributed by atoms with Crippen molar-refractivity contribution in [1.29, 1.82) is 0 Å². The van der Waals surface area contributed by atoms with Gasteiger partial charge in [-0.1, -0.05) is 24.3 Å². The lowest BCUT2D eigenvalue weighted by Gasteiger charge is -2.10. The molecule has 1 heterocycles. The largest absolute Gasteiger partial charge is 0.493 e. The zero-order valence-corrected chi connectivity index (χ0v) is 15.3. The lowest BCUT2D eigenvalue weighted by molar-refractivity contribution is 0.0692. The summed E-state index contributed by atoms with van der Waals surface area (Å²) in [4.78, 5) is 27.8. The number of aromatic nitrogens is 2. The average Bonchev–Trinajstić information content (AvgIpc) is 2.97. The maximum absolute atomic E-state index is 12.4. The van der Waals surface area contributed by atoms with Crippen LogP contribution in [0.4, 0.5) is 5.69 Å². The van der Waals surface area contributed by atoms with E-state index in [0.29, 0.717) is 23.9 Å². The van der Waals surface area contributed by atoms with Crippen LogP contribution in [0, 0.1) is 6.92 Å². The van der Waals surface area contributed by atoms with E-state index in [9.17, 15) is 19.8 Å². The molecule has 0 bridgehead atoms. The first-order chi connectivity index (χ1) is 13.4. The molecule has 144 valence electrons. The second-order valence-corrected chi connectivity index (χ2v) is 6.10. The third-order valence-electron chi connectivity index (χ3n) is 4.21. The number of hydrogen-bond donors (Lipinski definition) is 3. The van der Waals surface area contributed by atoms with Crippen LogP contribution in [0.5, 0.6) is 11.9 Å². The van der Waals surface area contributed by atoms with Crippen molar-refractivity contribution < 1.29 is 24.5 Å². The van der Waals surface area contributed by atoms with E-state index in [0.717, 1.165) is 5.56 Å². The fourth-order valence-corrected chi connectivity index (χ4v) is 2.78. The molecule has 1 aromatic heterocycles. The van der Waals surface area contributed by atoms with E-state index >= 15 is 0 Å². The second-order valence-electron chi connectivity index (χ2n) is 6.10. The summed E-state index contributed by atoms with van der Waals surface area (Å²) in [6, 6.07) is 13.3. The van der Waals surface area contributed by atoms with Crippen molar-refractivity contribution in [2.24, 2.45) is 0 Å². The van der Waals surface area contributed by atoms with Crippen molar-refractivity contribution >= 4 is 17.6 Å². The molecule has 3 rings (SSSR count). The van der Waals surface area contributed by atoms with Crippen LogP contribution in [-0.4, -0.2) is 38.8 Å². The first kappa shape index (κ1) is 19.0. The van der Waals surface area contributed by atoms with Gasteiger partial charge in [0.1, 0.15) is 5.69 Å². The molecule has 1 amide bonds. The molecule has 3 N–H and O–H groups in total. The van der Waals surface area contributed by atoms with Gasteiger partial charge in [0, 0.05) is 5.69 Å². The average molecular weight is 381 g/mol. The van der Waals surface area contributed by atoms with Crippen LogP contribution in [0.25, 0.3) is 0 Å². The maximum Gasteiger partial charge on any atom is 0.336 e. The third kappa shape index (κ3) is 3.80. The van der Waals surface area contributed by atoms with Gasteiger partial charge in [-0.25, -0.2) is 4.79 Å². The Morgan fingerprint density at radius 3 is 2.36 bits per heavy atom. The number of nitrogens with one attached hydrogen (secondary N) is 1. The van der Waals surface area contributed by atoms with Crippen LogP contribution in [0.1, 0.15) is 32.0 Å². The molecule has 2 aromatic carbocycles. The number of hydrogen-bond acceptors (Lipinski definition) is 5. The smallest absolute Gasteiger partial charge is 0.336 e. The summed E-state index contributed by atoms with van der Waals surface area (Å²) in [5, 5.41) is 22.0. The Morgan fingerprint density at radius 1 is 1.11 bits per heavy atom. The monoisotopic (exact) mass is 381 g/mol. The molecule has 0 fully saturated rings. The predicted molar refractivity (Wildman–Crippen MR) is 102 cm³/mol. The number of carbonyl (C=O) groups excluding carboxylic acids is 1. The minimum absolute atomic E-state index is 0.0273. The van der Waals surface area contributed by atoms with Crippen molar-refractivity contribution in [3.63, 3.8) is 0 Å². The van der Waals surface area contributed by atoms with Gasteiger partial charge < -0.3 is 20.3 Å². The Hall–Kier alpha value is -3.81. The number of aromatic hydroxyl groups is 1. The maximum atomic E-state index is 12.4. The van der Waals surface area contributed by atoms with E-state index in [1.807, 2.05) is 0 Å². The topological polar surface area (TPSA) is 114 Å². The van der Waals surface area contributed by atoms with Gasteiger partial charge in [0.25, 0.3) is 11.9 Å². The SMILES string of the molecule is COc1nc(C)c(O)n1Cc1ccc(NC(=O)c2ccccc2C(=O)O)cc1. The van der Waals surface area contributed by atoms with Crippen LogP contribution < -0.4 is 10.1 Å². The van der Waals surface area contributed by atoms with Crippen molar-refractivity contribution in [2.45, 2.75) is 13.5 Å². The summed E-state index contributed by atoms with van der Waals surface area (Å²) in [5.74, 6) is -1.64. The number of methoxy groups -OCH3 is 1. The van der Waals surface area contributed by atoms with Crippen molar-refractivity contribution in [3.8, 4) is 11.9 Å². The second kappa shape index (κ2) is 7.83. The number of amides is 1. The Morgan fingerprint density at radius 2 is 1.75 bits per heavy atom. The Balaban J connectivity index is 1.75. The summed E-state index contributed by atoms with van der Waals surface area (Å²) in [7, 11) is 1.48. The number of carboxylic acid groups (broad SMARTS) is 1. The Bertz CT molecular complexity index is 1020. The molecule has 0 saturated heterocycles. The van der Waals surface area contributed by atoms with E-state index in [-0.39, 0.29) is 17.0 Å². The van der Waals surface area contributed by atoms with Gasteiger partial charge in [0.2, 0.25) is 5.88 Å². The Kier molecular flexibility index (Phi) is 5.30. The van der Waals surface area contributed by atoms with Gasteiger partial charge in [0.15, 0.2) is 0 Å². The van der Waals surface area contributed by atoms with Gasteiger partial charge in [-0.05, 0) is 36.8 Å². The molecule has 0 unspecified atom stereocenters. The molecular weight excluding hydrogens is 362 g/mol. The van der Waals surface area contributed by atoms with Crippen LogP contribution in [0.15, 0.2) is 48.5 Å². The summed E-state index contributed by atoms with van der Waals surface area (Å²) in [6.07, 6.45) is 0. The first-order valence-electron chi connectivity index (χ1n) is 8.43. The lowest BCUT2D eigenvalue weighted by atomic mass is 10.1. The normalized spacial score (nSPS) is 10.5. The molecule has 0 atom stereocenters. The van der Waals surface area contributed by atoms with Crippen molar-refractivity contribution in [1.82, 2.24) is 9.55 Å². The van der Waals surface area contributed by atoms with E-state index in [2.05, 4.69) is 10.3 Å². The number of rotatable bonds is 6. The van der Waals surface area contributed by atoms with Gasteiger partial charge in [-0.2, -0.15) is 4.98 Å². The molecular formula is C20H19N3O5. The zero-order chi connectivity index (χ0) is 20.3. The molecule has 0 aliphatic heterocycles. The number of aromatic carboxylic acids is 1. The number of nitrogens with zero attached hydrogens (tertiary/aromatic N) is 2. The predicted octanol–water partition coefficient (Wildman–Crippen LogP) is 2.90. The van der Waals surface area contributed by atoms with Crippen LogP contribution in [0.2, 0.25) is 0 Å². The number of carbonyl (C=O) groups is 2. The minimum Gasteiger partial charge on any atom is -0.493 e. The summed E-state index contributed by atoms with van der Waals surface area (Å²) in [6.45, 7) is 2.02. The summed E-state index contributed by atoms with van der Waals surface area (Å²) >= 11 is 0. The molecule has 3 aromatic rings. The molecule has 0 aliphatic carbocycles. The van der Waals surface area contributed by atoms with Crippen LogP contribution in [0.3, 0.4) is 0 Å². The lowest BCUT2D eigenvalue weighted by Crippen LogP contribution is -2.16. The molecule has 28 heavy (non-hydrogen) atoms. The highest BCUT2D eigenvalue weighted by Crippen LogP contribution is 2.25. The number of imidazole rings is 1. The highest BCUT2D eigenvalue weighted by Gasteiger charge is 2.16. The molecule has 8 nitrogen and oxygen atoms in total. The van der Waals surface area contributed by atoms with E-state index in [1.165, 1.54) is 23.8 Å². The first-order valence-corrected chi connectivity index (χ1v) is 8.43. The number of anilines is 1. The highest BCUT2D eigenvalue weighted by atomic mass is 16.5. The highest BCUT2D eigenvalue weighted by molar-refractivity contribution is 6.10. The standard InChI is InChI=1S/C20H19N3O5/c1-12-18(25)23(20(21-12)28-2)11-13-7-9-14(10-8-13)22-17(24)15-5-3-4-6-16(15)19(26)27/h3-10,25H,11H2,1-2H3,(H,22,24)(H,26,27). The van der Waals surface area contributed by atoms with Gasteiger partial charge in [0.05, 0.1) is 24.8 Å². The molecule has 0 aliphatic rings. The van der Waals surface area contributed by atoms with Crippen LogP contribution in [-0.2, 0) is 6.54 Å². The van der Waals surface area contributed by atoms with Crippen LogP contribution >= 0.6 is 0 Å². The summed E-state index contributed by atoms with van der Waals surface area (Å²) < 4.78 is 6.70.